The maximum Gasteiger partial charge on any atom is 0 e. The van der Waals surface area contributed by atoms with Crippen molar-refractivity contribution in [2.24, 2.45) is 0 Å². The molecule has 0 saturated heterocycles. The Kier molecular flexibility index (Phi) is 4.42. The molecule has 0 unspecified atom stereocenters. The van der Waals surface area contributed by atoms with Crippen LogP contribution in [0.15, 0.2) is 18.3 Å². The fourth-order valence-corrected chi connectivity index (χ4v) is 0.735. The third-order valence-corrected chi connectivity index (χ3v) is 1.37. The molecule has 0 saturated carbocycles. The molecule has 0 atom stereocenters. The van der Waals surface area contributed by atoms with Gasteiger partial charge >= 0.3 is 0 Å². The summed E-state index contributed by atoms with van der Waals surface area (Å²) in [5.74, 6) is 0. The fraction of sp³-hybridized carbons (Fsp3) is 0.444. The first-order chi connectivity index (χ1) is 4.61. The Balaban J connectivity index is 0.000001000. The van der Waals surface area contributed by atoms with E-state index in [9.17, 15) is 0 Å². The van der Waals surface area contributed by atoms with Crippen molar-refractivity contribution in [2.75, 3.05) is 0 Å². The van der Waals surface area contributed by atoms with Crippen LogP contribution in [-0.4, -0.2) is 4.98 Å². The standard InChI is InChI=1S/C9H12N.Y/c1-9(2,3)8-6-4-5-7-10-8;/h5-7H,1-3H3;/q-1;. The first kappa shape index (κ1) is 11.3. The Bertz CT molecular complexity index is 201. The minimum atomic E-state index is 0. The van der Waals surface area contributed by atoms with E-state index in [1.807, 2.05) is 12.1 Å². The molecule has 0 spiro atoms. The van der Waals surface area contributed by atoms with Gasteiger partial charge in [0.05, 0.1) is 0 Å². The molecule has 0 aliphatic heterocycles. The number of rotatable bonds is 0. The van der Waals surface area contributed by atoms with E-state index in [2.05, 4.69) is 31.8 Å². The van der Waals surface area contributed by atoms with Gasteiger partial charge in [-0.25, -0.2) is 0 Å². The first-order valence-corrected chi connectivity index (χ1v) is 3.43. The van der Waals surface area contributed by atoms with Crippen molar-refractivity contribution in [1.82, 2.24) is 4.98 Å². The maximum atomic E-state index is 4.22. The summed E-state index contributed by atoms with van der Waals surface area (Å²) in [5.41, 5.74) is 1.24. The van der Waals surface area contributed by atoms with E-state index in [0.29, 0.717) is 0 Å². The molecule has 1 aromatic heterocycles. The molecule has 57 valence electrons. The van der Waals surface area contributed by atoms with Gasteiger partial charge in [0.25, 0.3) is 0 Å². The number of nitrogens with zero attached hydrogens (tertiary/aromatic N) is 1. The number of pyridine rings is 1. The molecular weight excluding hydrogens is 211 g/mol. The zero-order valence-electron chi connectivity index (χ0n) is 7.26. The average molecular weight is 223 g/mol. The SMILES string of the molecule is CC(C)(C)c1c[c-]ccn1.[Y]. The summed E-state index contributed by atoms with van der Waals surface area (Å²) in [6.45, 7) is 6.43. The van der Waals surface area contributed by atoms with Gasteiger partial charge in [-0.15, -0.1) is 0 Å². The van der Waals surface area contributed by atoms with Gasteiger partial charge in [0, 0.05) is 32.7 Å². The molecule has 1 aromatic rings. The third kappa shape index (κ3) is 3.44. The molecule has 2 heteroatoms. The second-order valence-corrected chi connectivity index (χ2v) is 3.39. The van der Waals surface area contributed by atoms with Crippen molar-refractivity contribution in [3.05, 3.63) is 30.1 Å². The Labute approximate surface area is 93.5 Å². The van der Waals surface area contributed by atoms with Crippen LogP contribution >= 0.6 is 0 Å². The molecule has 1 nitrogen and oxygen atoms in total. The van der Waals surface area contributed by atoms with Crippen LogP contribution in [0.1, 0.15) is 26.5 Å². The fourth-order valence-electron chi connectivity index (χ4n) is 0.735. The Morgan fingerprint density at radius 2 is 2.00 bits per heavy atom. The van der Waals surface area contributed by atoms with Crippen molar-refractivity contribution in [1.29, 1.82) is 0 Å². The third-order valence-electron chi connectivity index (χ3n) is 1.37. The number of hydrogen-bond donors (Lipinski definition) is 0. The quantitative estimate of drug-likeness (QED) is 0.614. The van der Waals surface area contributed by atoms with Crippen molar-refractivity contribution >= 4 is 0 Å². The summed E-state index contributed by atoms with van der Waals surface area (Å²) in [5, 5.41) is 0. The van der Waals surface area contributed by atoms with Crippen LogP contribution in [0.25, 0.3) is 0 Å². The summed E-state index contributed by atoms with van der Waals surface area (Å²) in [6.07, 6.45) is 1.78. The van der Waals surface area contributed by atoms with Gasteiger partial charge in [-0.2, -0.15) is 18.2 Å². The second kappa shape index (κ2) is 4.32. The summed E-state index contributed by atoms with van der Waals surface area (Å²) in [4.78, 5) is 4.22. The van der Waals surface area contributed by atoms with E-state index >= 15 is 0 Å². The minimum absolute atomic E-state index is 0. The zero-order valence-corrected chi connectivity index (χ0v) is 10.1. The predicted molar refractivity (Wildman–Crippen MR) is 41.8 cm³/mol. The molecule has 0 bridgehead atoms. The molecule has 1 radical (unpaired) electrons. The normalized spacial score (nSPS) is 10.5. The van der Waals surface area contributed by atoms with Gasteiger partial charge in [-0.05, 0) is 5.41 Å². The summed E-state index contributed by atoms with van der Waals surface area (Å²) in [7, 11) is 0. The second-order valence-electron chi connectivity index (χ2n) is 3.39. The van der Waals surface area contributed by atoms with Gasteiger partial charge < -0.3 is 4.98 Å². The Morgan fingerprint density at radius 3 is 2.27 bits per heavy atom. The molecule has 1 rings (SSSR count). The largest absolute Gasteiger partial charge is 0.387 e. The van der Waals surface area contributed by atoms with E-state index in [1.54, 1.807) is 6.20 Å². The average Bonchev–Trinajstić information content (AvgIpc) is 1.88. The molecule has 1 heterocycles. The van der Waals surface area contributed by atoms with E-state index in [1.165, 1.54) is 0 Å². The molecule has 0 aromatic carbocycles. The van der Waals surface area contributed by atoms with Crippen LogP contribution in [-0.2, 0) is 38.1 Å². The van der Waals surface area contributed by atoms with Crippen LogP contribution < -0.4 is 0 Å². The van der Waals surface area contributed by atoms with E-state index in [4.69, 9.17) is 0 Å². The topological polar surface area (TPSA) is 12.9 Å². The molecule has 0 amide bonds. The minimum Gasteiger partial charge on any atom is -0.387 e. The van der Waals surface area contributed by atoms with Crippen molar-refractivity contribution in [3.63, 3.8) is 0 Å². The monoisotopic (exact) mass is 223 g/mol. The van der Waals surface area contributed by atoms with Crippen LogP contribution in [0.2, 0.25) is 0 Å². The van der Waals surface area contributed by atoms with E-state index in [-0.39, 0.29) is 38.1 Å². The van der Waals surface area contributed by atoms with Gasteiger partial charge in [0.2, 0.25) is 0 Å². The van der Waals surface area contributed by atoms with Gasteiger partial charge in [-0.1, -0.05) is 32.7 Å². The van der Waals surface area contributed by atoms with Crippen LogP contribution in [0, 0.1) is 6.07 Å². The van der Waals surface area contributed by atoms with Crippen molar-refractivity contribution < 1.29 is 32.7 Å². The number of aromatic nitrogens is 1. The van der Waals surface area contributed by atoms with Gasteiger partial charge in [-0.3, -0.25) is 0 Å². The van der Waals surface area contributed by atoms with Crippen LogP contribution in [0.4, 0.5) is 0 Å². The molecule has 11 heavy (non-hydrogen) atoms. The van der Waals surface area contributed by atoms with Crippen LogP contribution in [0.5, 0.6) is 0 Å². The van der Waals surface area contributed by atoms with Gasteiger partial charge in [0.1, 0.15) is 0 Å². The van der Waals surface area contributed by atoms with E-state index < -0.39 is 0 Å². The van der Waals surface area contributed by atoms with Crippen molar-refractivity contribution in [2.45, 2.75) is 26.2 Å². The first-order valence-electron chi connectivity index (χ1n) is 3.43. The Hall–Kier alpha value is 0.254. The summed E-state index contributed by atoms with van der Waals surface area (Å²) in [6, 6.07) is 6.75. The van der Waals surface area contributed by atoms with E-state index in [0.717, 1.165) is 5.69 Å². The summed E-state index contributed by atoms with van der Waals surface area (Å²) < 4.78 is 0. The molecule has 0 aliphatic rings. The van der Waals surface area contributed by atoms with Crippen molar-refractivity contribution in [3.8, 4) is 0 Å². The smallest absolute Gasteiger partial charge is 0 e. The summed E-state index contributed by atoms with van der Waals surface area (Å²) >= 11 is 0. The Morgan fingerprint density at radius 1 is 1.36 bits per heavy atom. The van der Waals surface area contributed by atoms with Gasteiger partial charge in [0.15, 0.2) is 0 Å². The molecule has 0 N–H and O–H groups in total. The zero-order chi connectivity index (χ0) is 7.61. The molecular formula is C9H12NY-. The maximum absolute atomic E-state index is 4.22. The molecule has 0 aliphatic carbocycles. The number of hydrogen-bond acceptors (Lipinski definition) is 1. The molecule has 0 fully saturated rings. The predicted octanol–water partition coefficient (Wildman–Crippen LogP) is 2.18. The van der Waals surface area contributed by atoms with Crippen LogP contribution in [0.3, 0.4) is 0 Å².